The number of ether oxygens (including phenoxy) is 1. The van der Waals surface area contributed by atoms with Gasteiger partial charge in [-0.3, -0.25) is 14.6 Å². The predicted molar refractivity (Wildman–Crippen MR) is 87.6 cm³/mol. The predicted octanol–water partition coefficient (Wildman–Crippen LogP) is 2.02. The molecule has 0 aliphatic heterocycles. The molecule has 23 heavy (non-hydrogen) atoms. The zero-order chi connectivity index (χ0) is 16.7. The van der Waals surface area contributed by atoms with E-state index in [-0.39, 0.29) is 11.8 Å². The molecule has 1 aromatic heterocycles. The minimum absolute atomic E-state index is 0.133. The molecule has 0 aliphatic carbocycles. The van der Waals surface area contributed by atoms with Gasteiger partial charge in [0.2, 0.25) is 5.91 Å². The number of methoxy groups -OCH3 is 1. The maximum absolute atomic E-state index is 12.0. The average Bonchev–Trinajstić information content (AvgIpc) is 2.55. The summed E-state index contributed by atoms with van der Waals surface area (Å²) in [5.74, 6) is 0.413. The normalized spacial score (nSPS) is 10.0. The number of rotatable bonds is 6. The van der Waals surface area contributed by atoms with E-state index in [1.54, 1.807) is 37.6 Å². The molecule has 2 rings (SSSR count). The monoisotopic (exact) mass is 313 g/mol. The number of nitrogens with zero attached hydrogens (tertiary/aromatic N) is 1. The van der Waals surface area contributed by atoms with Crippen LogP contribution in [0.2, 0.25) is 0 Å². The Kier molecular flexibility index (Phi) is 5.68. The van der Waals surface area contributed by atoms with Gasteiger partial charge in [0.05, 0.1) is 12.7 Å². The van der Waals surface area contributed by atoms with Crippen LogP contribution < -0.4 is 15.4 Å². The SMILES string of the molecule is COc1ccc(NC(C)=O)cc1CCNC(=O)c1cccnc1. The fourth-order valence-corrected chi connectivity index (χ4v) is 2.16. The molecule has 2 amide bonds. The Bertz CT molecular complexity index is 687. The molecule has 0 saturated carbocycles. The third kappa shape index (κ3) is 4.81. The Morgan fingerprint density at radius 2 is 2.09 bits per heavy atom. The van der Waals surface area contributed by atoms with Crippen molar-refractivity contribution in [2.45, 2.75) is 13.3 Å². The first-order chi connectivity index (χ1) is 11.1. The molecule has 6 nitrogen and oxygen atoms in total. The zero-order valence-corrected chi connectivity index (χ0v) is 13.1. The summed E-state index contributed by atoms with van der Waals surface area (Å²) in [5.41, 5.74) is 2.13. The molecule has 1 aromatic carbocycles. The molecule has 0 unspecified atom stereocenters. The molecule has 120 valence electrons. The van der Waals surface area contributed by atoms with E-state index in [1.807, 2.05) is 6.07 Å². The molecule has 1 heterocycles. The zero-order valence-electron chi connectivity index (χ0n) is 13.1. The number of pyridine rings is 1. The first-order valence-corrected chi connectivity index (χ1v) is 7.23. The molecule has 0 radical (unpaired) electrons. The lowest BCUT2D eigenvalue weighted by Gasteiger charge is -2.12. The molecule has 0 bridgehead atoms. The molecule has 2 N–H and O–H groups in total. The van der Waals surface area contributed by atoms with Gasteiger partial charge < -0.3 is 15.4 Å². The van der Waals surface area contributed by atoms with E-state index >= 15 is 0 Å². The number of benzene rings is 1. The Morgan fingerprint density at radius 3 is 2.74 bits per heavy atom. The minimum atomic E-state index is -0.171. The van der Waals surface area contributed by atoms with E-state index in [9.17, 15) is 9.59 Å². The highest BCUT2D eigenvalue weighted by Gasteiger charge is 2.08. The third-order valence-corrected chi connectivity index (χ3v) is 3.20. The van der Waals surface area contributed by atoms with Gasteiger partial charge in [-0.2, -0.15) is 0 Å². The van der Waals surface area contributed by atoms with Crippen LogP contribution >= 0.6 is 0 Å². The van der Waals surface area contributed by atoms with Crippen LogP contribution in [0.4, 0.5) is 5.69 Å². The van der Waals surface area contributed by atoms with Crippen LogP contribution in [0.1, 0.15) is 22.8 Å². The summed E-state index contributed by atoms with van der Waals surface area (Å²) in [4.78, 5) is 27.0. The second-order valence-corrected chi connectivity index (χ2v) is 4.96. The molecular formula is C17H19N3O3. The molecule has 6 heteroatoms. The van der Waals surface area contributed by atoms with E-state index in [2.05, 4.69) is 15.6 Å². The van der Waals surface area contributed by atoms with Crippen molar-refractivity contribution in [3.05, 3.63) is 53.9 Å². The highest BCUT2D eigenvalue weighted by molar-refractivity contribution is 5.93. The fraction of sp³-hybridized carbons (Fsp3) is 0.235. The van der Waals surface area contributed by atoms with Crippen LogP contribution in [0, 0.1) is 0 Å². The van der Waals surface area contributed by atoms with Gasteiger partial charge in [-0.15, -0.1) is 0 Å². The van der Waals surface area contributed by atoms with Gasteiger partial charge in [0, 0.05) is 31.5 Å². The van der Waals surface area contributed by atoms with Crippen LogP contribution in [0.3, 0.4) is 0 Å². The Labute approximate surface area is 134 Å². The summed E-state index contributed by atoms with van der Waals surface area (Å²) in [6.07, 6.45) is 3.73. The van der Waals surface area contributed by atoms with Crippen molar-refractivity contribution in [3.8, 4) is 5.75 Å². The van der Waals surface area contributed by atoms with E-state index < -0.39 is 0 Å². The van der Waals surface area contributed by atoms with Gasteiger partial charge in [-0.1, -0.05) is 0 Å². The molecule has 0 atom stereocenters. The van der Waals surface area contributed by atoms with E-state index in [4.69, 9.17) is 4.74 Å². The first kappa shape index (κ1) is 16.5. The Balaban J connectivity index is 1.99. The standard InChI is InChI=1S/C17H19N3O3/c1-12(21)20-15-5-6-16(23-2)13(10-15)7-9-19-17(22)14-4-3-8-18-11-14/h3-6,8,10-11H,7,9H2,1-2H3,(H,19,22)(H,20,21). The average molecular weight is 313 g/mol. The number of anilines is 1. The van der Waals surface area contributed by atoms with Crippen molar-refractivity contribution in [2.24, 2.45) is 0 Å². The number of carbonyl (C=O) groups excluding carboxylic acids is 2. The van der Waals surface area contributed by atoms with Crippen LogP contribution in [0.5, 0.6) is 5.75 Å². The molecule has 0 aliphatic rings. The molecule has 0 spiro atoms. The van der Waals surface area contributed by atoms with Crippen LogP contribution in [0.15, 0.2) is 42.7 Å². The summed E-state index contributed by atoms with van der Waals surface area (Å²) in [6, 6.07) is 8.84. The van der Waals surface area contributed by atoms with Gasteiger partial charge in [-0.05, 0) is 42.3 Å². The summed E-state index contributed by atoms with van der Waals surface area (Å²) >= 11 is 0. The highest BCUT2D eigenvalue weighted by atomic mass is 16.5. The van der Waals surface area contributed by atoms with Crippen molar-refractivity contribution in [1.29, 1.82) is 0 Å². The Morgan fingerprint density at radius 1 is 1.26 bits per heavy atom. The van der Waals surface area contributed by atoms with Crippen LogP contribution in [0.25, 0.3) is 0 Å². The number of nitrogens with one attached hydrogen (secondary N) is 2. The van der Waals surface area contributed by atoms with Crippen LogP contribution in [-0.2, 0) is 11.2 Å². The number of hydrogen-bond acceptors (Lipinski definition) is 4. The van der Waals surface area contributed by atoms with Gasteiger partial charge >= 0.3 is 0 Å². The Hall–Kier alpha value is -2.89. The highest BCUT2D eigenvalue weighted by Crippen LogP contribution is 2.23. The maximum atomic E-state index is 12.0. The number of amides is 2. The first-order valence-electron chi connectivity index (χ1n) is 7.23. The molecule has 0 saturated heterocycles. The number of carbonyl (C=O) groups is 2. The van der Waals surface area contributed by atoms with E-state index in [0.717, 1.165) is 11.3 Å². The van der Waals surface area contributed by atoms with Crippen molar-refractivity contribution < 1.29 is 14.3 Å². The van der Waals surface area contributed by atoms with Crippen molar-refractivity contribution in [1.82, 2.24) is 10.3 Å². The number of aromatic nitrogens is 1. The summed E-state index contributed by atoms with van der Waals surface area (Å²) in [5, 5.41) is 5.57. The summed E-state index contributed by atoms with van der Waals surface area (Å²) < 4.78 is 5.31. The largest absolute Gasteiger partial charge is 0.496 e. The second-order valence-electron chi connectivity index (χ2n) is 4.96. The van der Waals surface area contributed by atoms with E-state index in [1.165, 1.54) is 13.1 Å². The van der Waals surface area contributed by atoms with Gasteiger partial charge in [0.1, 0.15) is 5.75 Å². The van der Waals surface area contributed by atoms with Crippen molar-refractivity contribution in [2.75, 3.05) is 19.0 Å². The van der Waals surface area contributed by atoms with Crippen LogP contribution in [-0.4, -0.2) is 30.5 Å². The third-order valence-electron chi connectivity index (χ3n) is 3.20. The lowest BCUT2D eigenvalue weighted by Crippen LogP contribution is -2.25. The minimum Gasteiger partial charge on any atom is -0.496 e. The smallest absolute Gasteiger partial charge is 0.252 e. The molecule has 0 fully saturated rings. The topological polar surface area (TPSA) is 80.3 Å². The quantitative estimate of drug-likeness (QED) is 0.855. The van der Waals surface area contributed by atoms with Crippen molar-refractivity contribution in [3.63, 3.8) is 0 Å². The van der Waals surface area contributed by atoms with Gasteiger partial charge in [-0.25, -0.2) is 0 Å². The van der Waals surface area contributed by atoms with E-state index in [0.29, 0.717) is 24.2 Å². The van der Waals surface area contributed by atoms with Crippen molar-refractivity contribution >= 4 is 17.5 Å². The fourth-order valence-electron chi connectivity index (χ4n) is 2.16. The maximum Gasteiger partial charge on any atom is 0.252 e. The number of hydrogen-bond donors (Lipinski definition) is 2. The summed E-state index contributed by atoms with van der Waals surface area (Å²) in [7, 11) is 1.59. The van der Waals surface area contributed by atoms with Gasteiger partial charge in [0.25, 0.3) is 5.91 Å². The second kappa shape index (κ2) is 7.93. The lowest BCUT2D eigenvalue weighted by atomic mass is 10.1. The molecular weight excluding hydrogens is 294 g/mol. The van der Waals surface area contributed by atoms with Gasteiger partial charge in [0.15, 0.2) is 0 Å². The summed E-state index contributed by atoms with van der Waals surface area (Å²) in [6.45, 7) is 1.91. The molecule has 2 aromatic rings. The lowest BCUT2D eigenvalue weighted by molar-refractivity contribution is -0.114.